The summed E-state index contributed by atoms with van der Waals surface area (Å²) in [7, 11) is 0. The third-order valence-electron chi connectivity index (χ3n) is 2.67. The molecule has 0 spiro atoms. The maximum Gasteiger partial charge on any atom is 0.416 e. The Morgan fingerprint density at radius 3 is 2.42 bits per heavy atom. The van der Waals surface area contributed by atoms with E-state index in [9.17, 15) is 13.2 Å². The molecule has 0 saturated carbocycles. The Bertz CT molecular complexity index is 572. The van der Waals surface area contributed by atoms with E-state index in [1.807, 2.05) is 6.92 Å². The predicted octanol–water partition coefficient (Wildman–Crippen LogP) is 6.21. The van der Waals surface area contributed by atoms with Gasteiger partial charge in [0.1, 0.15) is 0 Å². The van der Waals surface area contributed by atoms with E-state index >= 15 is 0 Å². The molecule has 2 aromatic rings. The summed E-state index contributed by atoms with van der Waals surface area (Å²) < 4.78 is 39.5. The topological polar surface area (TPSA) is 0 Å². The van der Waals surface area contributed by atoms with Crippen LogP contribution < -0.4 is 0 Å². The van der Waals surface area contributed by atoms with Gasteiger partial charge in [-0.25, -0.2) is 0 Å². The Labute approximate surface area is 126 Å². The lowest BCUT2D eigenvalue weighted by Gasteiger charge is -2.16. The van der Waals surface area contributed by atoms with Crippen molar-refractivity contribution in [2.24, 2.45) is 0 Å². The molecule has 1 aromatic carbocycles. The third kappa shape index (κ3) is 3.15. The molecule has 0 fully saturated rings. The van der Waals surface area contributed by atoms with Gasteiger partial charge < -0.3 is 0 Å². The molecule has 19 heavy (non-hydrogen) atoms. The molecule has 102 valence electrons. The molecule has 0 bridgehead atoms. The summed E-state index contributed by atoms with van der Waals surface area (Å²) in [5, 5.41) is 0. The zero-order valence-electron chi connectivity index (χ0n) is 9.76. The molecule has 0 radical (unpaired) electrons. The van der Waals surface area contributed by atoms with Gasteiger partial charge in [0.05, 0.1) is 14.7 Å². The first-order valence-electron chi connectivity index (χ1n) is 5.36. The van der Waals surface area contributed by atoms with Crippen molar-refractivity contribution in [3.63, 3.8) is 0 Å². The van der Waals surface area contributed by atoms with Crippen LogP contribution in [0.4, 0.5) is 13.2 Å². The normalized spacial score (nSPS) is 13.6. The summed E-state index contributed by atoms with van der Waals surface area (Å²) in [6, 6.07) is 7.36. The minimum Gasteiger partial charge on any atom is -0.166 e. The molecule has 1 aromatic heterocycles. The molecular formula is C13H9BrClF3S. The van der Waals surface area contributed by atoms with Gasteiger partial charge >= 0.3 is 6.18 Å². The van der Waals surface area contributed by atoms with Gasteiger partial charge in [-0.3, -0.25) is 0 Å². The molecule has 0 aliphatic carbocycles. The van der Waals surface area contributed by atoms with E-state index in [0.29, 0.717) is 4.34 Å². The van der Waals surface area contributed by atoms with Crippen molar-refractivity contribution in [1.82, 2.24) is 0 Å². The highest BCUT2D eigenvalue weighted by Gasteiger charge is 2.35. The quantitative estimate of drug-likeness (QED) is 0.552. The molecule has 1 heterocycles. The van der Waals surface area contributed by atoms with Crippen LogP contribution >= 0.6 is 38.9 Å². The monoisotopic (exact) mass is 368 g/mol. The van der Waals surface area contributed by atoms with Crippen LogP contribution in [0, 0.1) is 6.92 Å². The van der Waals surface area contributed by atoms with Gasteiger partial charge in [0.15, 0.2) is 0 Å². The molecule has 0 N–H and O–H groups in total. The number of thiophene rings is 1. The van der Waals surface area contributed by atoms with Crippen molar-refractivity contribution < 1.29 is 13.2 Å². The Morgan fingerprint density at radius 1 is 1.26 bits per heavy atom. The molecule has 0 aliphatic rings. The Balaban J connectivity index is 2.47. The number of hydrogen-bond acceptors (Lipinski definition) is 1. The van der Waals surface area contributed by atoms with E-state index < -0.39 is 16.6 Å². The van der Waals surface area contributed by atoms with E-state index in [1.54, 1.807) is 12.1 Å². The Kier molecular flexibility index (Phi) is 4.28. The lowest BCUT2D eigenvalue weighted by Crippen LogP contribution is -2.10. The van der Waals surface area contributed by atoms with Gasteiger partial charge in [0, 0.05) is 4.88 Å². The number of aryl methyl sites for hydroxylation is 1. The zero-order chi connectivity index (χ0) is 14.2. The van der Waals surface area contributed by atoms with Crippen LogP contribution in [-0.2, 0) is 6.18 Å². The van der Waals surface area contributed by atoms with Crippen LogP contribution in [0.5, 0.6) is 0 Å². The average Bonchev–Trinajstić information content (AvgIpc) is 2.68. The number of halogens is 5. The Morgan fingerprint density at radius 2 is 1.89 bits per heavy atom. The second kappa shape index (κ2) is 5.46. The predicted molar refractivity (Wildman–Crippen MR) is 76.3 cm³/mol. The minimum atomic E-state index is -4.36. The lowest BCUT2D eigenvalue weighted by molar-refractivity contribution is -0.138. The van der Waals surface area contributed by atoms with Gasteiger partial charge in [-0.15, -0.1) is 11.3 Å². The van der Waals surface area contributed by atoms with Crippen molar-refractivity contribution in [1.29, 1.82) is 0 Å². The summed E-state index contributed by atoms with van der Waals surface area (Å²) >= 11 is 10.6. The first-order valence-corrected chi connectivity index (χ1v) is 7.47. The summed E-state index contributed by atoms with van der Waals surface area (Å²) in [5.41, 5.74) is 0.447. The maximum atomic E-state index is 13.0. The van der Waals surface area contributed by atoms with Crippen molar-refractivity contribution >= 4 is 38.9 Å². The largest absolute Gasteiger partial charge is 0.416 e. The fraction of sp³-hybridized carbons (Fsp3) is 0.231. The number of benzene rings is 1. The first kappa shape index (κ1) is 14.9. The van der Waals surface area contributed by atoms with Crippen molar-refractivity contribution in [3.05, 3.63) is 56.2 Å². The Hall–Kier alpha value is -0.520. The van der Waals surface area contributed by atoms with E-state index in [1.165, 1.54) is 23.5 Å². The molecule has 0 amide bonds. The molecule has 0 saturated heterocycles. The zero-order valence-corrected chi connectivity index (χ0v) is 12.9. The molecular weight excluding hydrogens is 361 g/mol. The van der Waals surface area contributed by atoms with Gasteiger partial charge in [0.25, 0.3) is 0 Å². The fourth-order valence-corrected chi connectivity index (χ4v) is 3.76. The molecule has 0 nitrogen and oxygen atoms in total. The molecule has 1 unspecified atom stereocenters. The molecule has 2 rings (SSSR count). The molecule has 6 heteroatoms. The number of rotatable bonds is 2. The lowest BCUT2D eigenvalue weighted by atomic mass is 10.0. The van der Waals surface area contributed by atoms with E-state index in [4.69, 9.17) is 11.6 Å². The maximum absolute atomic E-state index is 13.0. The van der Waals surface area contributed by atoms with Crippen molar-refractivity contribution in [3.8, 4) is 0 Å². The highest BCUT2D eigenvalue weighted by Crippen LogP contribution is 2.43. The number of hydrogen-bond donors (Lipinski definition) is 0. The average molecular weight is 370 g/mol. The smallest absolute Gasteiger partial charge is 0.166 e. The fourth-order valence-electron chi connectivity index (χ4n) is 1.74. The van der Waals surface area contributed by atoms with Gasteiger partial charge in [-0.1, -0.05) is 45.7 Å². The van der Waals surface area contributed by atoms with Crippen molar-refractivity contribution in [2.45, 2.75) is 17.9 Å². The minimum absolute atomic E-state index is 0.202. The van der Waals surface area contributed by atoms with Crippen molar-refractivity contribution in [2.75, 3.05) is 0 Å². The van der Waals surface area contributed by atoms with Crippen LogP contribution in [-0.4, -0.2) is 0 Å². The second-order valence-corrected chi connectivity index (χ2v) is 6.65. The SMILES string of the molecule is Cc1cc(C(Br)c2ccccc2C(F)(F)F)sc1Cl. The van der Waals surface area contributed by atoms with Gasteiger partial charge in [-0.05, 0) is 30.2 Å². The second-order valence-electron chi connectivity index (χ2n) is 4.05. The third-order valence-corrected chi connectivity index (χ3v) is 5.57. The van der Waals surface area contributed by atoms with Crippen LogP contribution in [0.25, 0.3) is 0 Å². The molecule has 0 aliphatic heterocycles. The van der Waals surface area contributed by atoms with Gasteiger partial charge in [-0.2, -0.15) is 13.2 Å². The van der Waals surface area contributed by atoms with Crippen LogP contribution in [0.15, 0.2) is 30.3 Å². The van der Waals surface area contributed by atoms with Crippen LogP contribution in [0.1, 0.15) is 26.4 Å². The highest BCUT2D eigenvalue weighted by molar-refractivity contribution is 9.09. The summed E-state index contributed by atoms with van der Waals surface area (Å²) in [6.45, 7) is 1.83. The molecule has 1 atom stereocenters. The standard InChI is InChI=1S/C13H9BrClF3S/c1-7-6-10(19-12(7)15)11(14)8-4-2-3-5-9(8)13(16,17)18/h2-6,11H,1H3. The summed E-state index contributed by atoms with van der Waals surface area (Å²) in [5.74, 6) is 0. The first-order chi connectivity index (χ1) is 8.80. The van der Waals surface area contributed by atoms with Gasteiger partial charge in [0.2, 0.25) is 0 Å². The van der Waals surface area contributed by atoms with E-state index in [0.717, 1.165) is 16.5 Å². The van der Waals surface area contributed by atoms with Crippen LogP contribution in [0.3, 0.4) is 0 Å². The summed E-state index contributed by atoms with van der Waals surface area (Å²) in [6.07, 6.45) is -4.36. The summed E-state index contributed by atoms with van der Waals surface area (Å²) in [4.78, 5) is 0.251. The van der Waals surface area contributed by atoms with Crippen LogP contribution in [0.2, 0.25) is 4.34 Å². The highest BCUT2D eigenvalue weighted by atomic mass is 79.9. The van der Waals surface area contributed by atoms with E-state index in [2.05, 4.69) is 15.9 Å². The van der Waals surface area contributed by atoms with E-state index in [-0.39, 0.29) is 5.56 Å². The number of alkyl halides is 4.